The topological polar surface area (TPSA) is 66.7 Å². The Bertz CT molecular complexity index is 1000. The molecule has 3 heterocycles. The summed E-state index contributed by atoms with van der Waals surface area (Å²) in [5.74, 6) is 0.643. The summed E-state index contributed by atoms with van der Waals surface area (Å²) in [6, 6.07) is 3.61. The van der Waals surface area contributed by atoms with Gasteiger partial charge in [-0.25, -0.2) is 4.98 Å². The summed E-state index contributed by atoms with van der Waals surface area (Å²) in [6.07, 6.45) is 8.03. The number of pyridine rings is 1. The van der Waals surface area contributed by atoms with Crippen molar-refractivity contribution in [3.8, 4) is 0 Å². The van der Waals surface area contributed by atoms with E-state index in [9.17, 15) is 9.59 Å². The van der Waals surface area contributed by atoms with Crippen molar-refractivity contribution in [1.82, 2.24) is 9.97 Å². The van der Waals surface area contributed by atoms with Crippen LogP contribution >= 0.6 is 11.3 Å². The molecule has 0 aromatic carbocycles. The van der Waals surface area contributed by atoms with Gasteiger partial charge in [0, 0.05) is 10.9 Å². The smallest absolute Gasteiger partial charge is 0.260 e. The molecule has 24 heavy (non-hydrogen) atoms. The molecule has 3 aromatic rings. The predicted octanol–water partition coefficient (Wildman–Crippen LogP) is 2.40. The number of hydrogen-bond donors (Lipinski definition) is 1. The number of hydrogen-bond acceptors (Lipinski definition) is 4. The number of Topliss-reactive ketones (excluding diaryl/α,β-unsaturated/α-hetero) is 1. The summed E-state index contributed by atoms with van der Waals surface area (Å²) in [6.45, 7) is 1.98. The van der Waals surface area contributed by atoms with E-state index in [1.165, 1.54) is 16.9 Å². The van der Waals surface area contributed by atoms with Crippen molar-refractivity contribution < 1.29 is 9.36 Å². The van der Waals surface area contributed by atoms with Crippen LogP contribution in [0.4, 0.5) is 0 Å². The van der Waals surface area contributed by atoms with Crippen molar-refractivity contribution >= 4 is 27.3 Å². The molecule has 0 unspecified atom stereocenters. The molecule has 0 amide bonds. The van der Waals surface area contributed by atoms with Gasteiger partial charge in [-0.15, -0.1) is 11.3 Å². The minimum absolute atomic E-state index is 0.0205. The molecule has 1 aliphatic rings. The van der Waals surface area contributed by atoms with Crippen LogP contribution in [0.1, 0.15) is 46.4 Å². The fourth-order valence-electron chi connectivity index (χ4n) is 3.28. The van der Waals surface area contributed by atoms with E-state index in [1.807, 2.05) is 16.8 Å². The van der Waals surface area contributed by atoms with Gasteiger partial charge in [0.15, 0.2) is 24.0 Å². The van der Waals surface area contributed by atoms with Crippen LogP contribution in [0.15, 0.2) is 29.3 Å². The Morgan fingerprint density at radius 2 is 2.21 bits per heavy atom. The van der Waals surface area contributed by atoms with Crippen LogP contribution in [0.3, 0.4) is 0 Å². The largest absolute Gasteiger partial charge is 0.305 e. The average Bonchev–Trinajstić information content (AvgIpc) is 2.93. The Kier molecular flexibility index (Phi) is 3.76. The molecular weight excluding hydrogens is 322 g/mol. The van der Waals surface area contributed by atoms with Gasteiger partial charge in [0.25, 0.3) is 5.56 Å². The zero-order chi connectivity index (χ0) is 16.7. The second-order valence-corrected chi connectivity index (χ2v) is 7.31. The van der Waals surface area contributed by atoms with E-state index in [2.05, 4.69) is 9.97 Å². The number of aryl methyl sites for hydroxylation is 2. The van der Waals surface area contributed by atoms with Gasteiger partial charge >= 0.3 is 0 Å². The van der Waals surface area contributed by atoms with Crippen LogP contribution in [-0.4, -0.2) is 15.8 Å². The third-order valence-electron chi connectivity index (χ3n) is 4.47. The summed E-state index contributed by atoms with van der Waals surface area (Å²) in [7, 11) is 0. The lowest BCUT2D eigenvalue weighted by molar-refractivity contribution is -0.689. The molecule has 0 saturated carbocycles. The molecule has 0 spiro atoms. The molecule has 1 aliphatic carbocycles. The third-order valence-corrected chi connectivity index (χ3v) is 5.66. The zero-order valence-corrected chi connectivity index (χ0v) is 14.3. The van der Waals surface area contributed by atoms with Gasteiger partial charge in [-0.05, 0) is 44.2 Å². The van der Waals surface area contributed by atoms with E-state index in [-0.39, 0.29) is 11.3 Å². The Balaban J connectivity index is 1.74. The summed E-state index contributed by atoms with van der Waals surface area (Å²) >= 11 is 1.65. The summed E-state index contributed by atoms with van der Waals surface area (Å²) in [5.41, 5.74) is 1.80. The van der Waals surface area contributed by atoms with E-state index in [0.717, 1.165) is 29.5 Å². The van der Waals surface area contributed by atoms with E-state index in [0.29, 0.717) is 17.9 Å². The quantitative estimate of drug-likeness (QED) is 0.588. The molecule has 4 rings (SSSR count). The Morgan fingerprint density at radius 1 is 1.38 bits per heavy atom. The van der Waals surface area contributed by atoms with Crippen molar-refractivity contribution in [3.63, 3.8) is 0 Å². The first kappa shape index (κ1) is 15.2. The third kappa shape index (κ3) is 2.67. The normalized spacial score (nSPS) is 13.9. The highest BCUT2D eigenvalue weighted by Gasteiger charge is 2.20. The van der Waals surface area contributed by atoms with Crippen molar-refractivity contribution in [1.29, 1.82) is 0 Å². The molecule has 122 valence electrons. The van der Waals surface area contributed by atoms with Gasteiger partial charge in [0.2, 0.25) is 6.54 Å². The van der Waals surface area contributed by atoms with Gasteiger partial charge in [-0.3, -0.25) is 9.59 Å². The number of aromatic nitrogens is 3. The average molecular weight is 340 g/mol. The molecule has 0 radical (unpaired) electrons. The number of fused-ring (bicyclic) bond motifs is 3. The molecule has 0 atom stereocenters. The number of nitrogens with one attached hydrogen (secondary N) is 1. The highest BCUT2D eigenvalue weighted by molar-refractivity contribution is 7.18. The van der Waals surface area contributed by atoms with Crippen LogP contribution in [-0.2, 0) is 19.4 Å². The second kappa shape index (κ2) is 5.94. The van der Waals surface area contributed by atoms with Gasteiger partial charge in [0.1, 0.15) is 4.83 Å². The maximum absolute atomic E-state index is 12.5. The molecule has 6 heteroatoms. The predicted molar refractivity (Wildman–Crippen MR) is 92.6 cm³/mol. The second-order valence-electron chi connectivity index (χ2n) is 6.22. The number of ketones is 1. The minimum Gasteiger partial charge on any atom is -0.305 e. The van der Waals surface area contributed by atoms with Crippen molar-refractivity contribution in [2.75, 3.05) is 0 Å². The number of aromatic amines is 1. The van der Waals surface area contributed by atoms with Gasteiger partial charge in [0.05, 0.1) is 10.9 Å². The minimum atomic E-state index is -0.0438. The SMILES string of the molecule is CC(=O)c1ccc[n+](Cc2nc3sc4c(c3c(=O)[nH]2)CCCC4)c1. The molecule has 0 fully saturated rings. The van der Waals surface area contributed by atoms with Gasteiger partial charge < -0.3 is 4.98 Å². The first-order chi connectivity index (χ1) is 11.6. The van der Waals surface area contributed by atoms with Crippen LogP contribution in [0.2, 0.25) is 0 Å². The maximum Gasteiger partial charge on any atom is 0.260 e. The monoisotopic (exact) mass is 340 g/mol. The Hall–Kier alpha value is -2.34. The van der Waals surface area contributed by atoms with Crippen molar-refractivity contribution in [2.24, 2.45) is 0 Å². The van der Waals surface area contributed by atoms with Crippen LogP contribution < -0.4 is 10.1 Å². The number of thiophene rings is 1. The van der Waals surface area contributed by atoms with E-state index in [1.54, 1.807) is 30.5 Å². The van der Waals surface area contributed by atoms with Crippen LogP contribution in [0, 0.1) is 0 Å². The van der Waals surface area contributed by atoms with Gasteiger partial charge in [-0.1, -0.05) is 0 Å². The molecule has 0 aliphatic heterocycles. The highest BCUT2D eigenvalue weighted by Crippen LogP contribution is 2.33. The molecule has 0 bridgehead atoms. The van der Waals surface area contributed by atoms with Crippen molar-refractivity contribution in [2.45, 2.75) is 39.2 Å². The lowest BCUT2D eigenvalue weighted by atomic mass is 9.97. The number of carbonyl (C=O) groups is 1. The highest BCUT2D eigenvalue weighted by atomic mass is 32.1. The number of H-pyrrole nitrogens is 1. The fourth-order valence-corrected chi connectivity index (χ4v) is 4.57. The van der Waals surface area contributed by atoms with E-state index in [4.69, 9.17) is 0 Å². The Labute approximate surface area is 143 Å². The maximum atomic E-state index is 12.5. The Morgan fingerprint density at radius 3 is 3.04 bits per heavy atom. The van der Waals surface area contributed by atoms with Crippen molar-refractivity contribution in [3.05, 3.63) is 56.7 Å². The first-order valence-electron chi connectivity index (χ1n) is 8.15. The molecular formula is C18H18N3O2S+. The molecule has 5 nitrogen and oxygen atoms in total. The standard InChI is InChI=1S/C18H17N3O2S/c1-11(22)12-5-4-8-21(9-12)10-15-19-17(23)16-13-6-2-3-7-14(13)24-18(16)20-15/h4-5,8-9H,2-3,6-7,10H2,1H3/p+1. The molecule has 0 saturated heterocycles. The summed E-state index contributed by atoms with van der Waals surface area (Å²) in [4.78, 5) is 33.8. The molecule has 3 aromatic heterocycles. The molecule has 1 N–H and O–H groups in total. The van der Waals surface area contributed by atoms with Crippen LogP contribution in [0.25, 0.3) is 10.2 Å². The van der Waals surface area contributed by atoms with E-state index < -0.39 is 0 Å². The van der Waals surface area contributed by atoms with Gasteiger partial charge in [-0.2, -0.15) is 4.57 Å². The first-order valence-corrected chi connectivity index (χ1v) is 8.97. The summed E-state index contributed by atoms with van der Waals surface area (Å²) < 4.78 is 1.87. The zero-order valence-electron chi connectivity index (χ0n) is 13.5. The number of carbonyl (C=O) groups excluding carboxylic acids is 1. The van der Waals surface area contributed by atoms with Crippen LogP contribution in [0.5, 0.6) is 0 Å². The number of nitrogens with zero attached hydrogens (tertiary/aromatic N) is 2. The summed E-state index contributed by atoms with van der Waals surface area (Å²) in [5, 5.41) is 0.779. The lowest BCUT2D eigenvalue weighted by Crippen LogP contribution is -2.36. The lowest BCUT2D eigenvalue weighted by Gasteiger charge is -2.09. The fraction of sp³-hybridized carbons (Fsp3) is 0.333. The number of rotatable bonds is 3. The van der Waals surface area contributed by atoms with E-state index >= 15 is 0 Å².